The third kappa shape index (κ3) is 5.04. The number of ether oxygens (including phenoxy) is 1. The van der Waals surface area contributed by atoms with Crippen LogP contribution in [0.1, 0.15) is 12.0 Å². The van der Waals surface area contributed by atoms with Gasteiger partial charge in [-0.1, -0.05) is 35.0 Å². The number of hydrogen-bond donors (Lipinski definition) is 1. The van der Waals surface area contributed by atoms with Crippen LogP contribution < -0.4 is 10.1 Å². The molecule has 0 bridgehead atoms. The lowest BCUT2D eigenvalue weighted by molar-refractivity contribution is -0.127. The summed E-state index contributed by atoms with van der Waals surface area (Å²) in [5.74, 6) is 0.108. The average molecular weight is 452 g/mol. The lowest BCUT2D eigenvalue weighted by atomic mass is 10.2. The number of hydrogen-bond acceptors (Lipinski definition) is 5. The minimum Gasteiger partial charge on any atom is -0.494 e. The molecule has 0 unspecified atom stereocenters. The molecule has 0 saturated carbocycles. The Morgan fingerprint density at radius 3 is 2.62 bits per heavy atom. The molecule has 1 aliphatic rings. The van der Waals surface area contributed by atoms with Crippen LogP contribution in [0.5, 0.6) is 5.75 Å². The number of carbonyl (C=O) groups excluding carboxylic acids is 2. The van der Waals surface area contributed by atoms with Crippen LogP contribution in [0.3, 0.4) is 0 Å². The molecule has 2 aromatic carbocycles. The molecule has 2 amide bonds. The number of amides is 2. The van der Waals surface area contributed by atoms with Crippen LogP contribution in [-0.4, -0.2) is 41.3 Å². The maximum atomic E-state index is 12.6. The molecule has 1 N–H and O–H groups in total. The number of rotatable bonds is 5. The van der Waals surface area contributed by atoms with E-state index in [1.54, 1.807) is 43.4 Å². The van der Waals surface area contributed by atoms with Gasteiger partial charge in [-0.05, 0) is 48.9 Å². The molecule has 152 valence electrons. The SMILES string of the molecule is COc1ccc(Cl)cc1N=C1S[C@H](CC(=O)Nc2ccc(Cl)cc2C)C(=O)N1C. The van der Waals surface area contributed by atoms with E-state index in [0.29, 0.717) is 32.3 Å². The zero-order valence-electron chi connectivity index (χ0n) is 16.0. The molecule has 1 aliphatic heterocycles. The Kier molecular flexibility index (Phi) is 6.72. The predicted octanol–water partition coefficient (Wildman–Crippen LogP) is 4.90. The maximum Gasteiger partial charge on any atom is 0.242 e. The number of methoxy groups -OCH3 is 1. The van der Waals surface area contributed by atoms with Crippen LogP contribution in [0, 0.1) is 6.92 Å². The van der Waals surface area contributed by atoms with Crippen LogP contribution in [0.15, 0.2) is 41.4 Å². The van der Waals surface area contributed by atoms with E-state index < -0.39 is 5.25 Å². The highest BCUT2D eigenvalue weighted by molar-refractivity contribution is 8.15. The van der Waals surface area contributed by atoms with E-state index in [4.69, 9.17) is 27.9 Å². The van der Waals surface area contributed by atoms with Gasteiger partial charge < -0.3 is 10.1 Å². The summed E-state index contributed by atoms with van der Waals surface area (Å²) in [6, 6.07) is 10.3. The van der Waals surface area contributed by atoms with Gasteiger partial charge in [-0.2, -0.15) is 0 Å². The Balaban J connectivity index is 1.73. The molecule has 1 atom stereocenters. The highest BCUT2D eigenvalue weighted by Crippen LogP contribution is 2.35. The van der Waals surface area contributed by atoms with Crippen molar-refractivity contribution in [2.75, 3.05) is 19.5 Å². The van der Waals surface area contributed by atoms with E-state index in [1.165, 1.54) is 23.8 Å². The first-order valence-corrected chi connectivity index (χ1v) is 10.3. The third-order valence-corrected chi connectivity index (χ3v) is 6.03. The molecule has 29 heavy (non-hydrogen) atoms. The lowest BCUT2D eigenvalue weighted by Crippen LogP contribution is -2.30. The third-order valence-electron chi connectivity index (χ3n) is 4.33. The summed E-state index contributed by atoms with van der Waals surface area (Å²) in [4.78, 5) is 31.0. The van der Waals surface area contributed by atoms with Crippen molar-refractivity contribution in [2.45, 2.75) is 18.6 Å². The molecular weight excluding hydrogens is 433 g/mol. The number of aryl methyl sites for hydroxylation is 1. The predicted molar refractivity (Wildman–Crippen MR) is 119 cm³/mol. The van der Waals surface area contributed by atoms with Crippen molar-refractivity contribution < 1.29 is 14.3 Å². The van der Waals surface area contributed by atoms with Gasteiger partial charge in [0.05, 0.1) is 7.11 Å². The standard InChI is InChI=1S/C20H19Cl2N3O3S/c1-11-8-12(21)4-6-14(11)23-18(26)10-17-19(27)25(2)20(29-17)24-15-9-13(22)5-7-16(15)28-3/h4-9,17H,10H2,1-3H3,(H,23,26)/t17-/m1/s1. The Hall–Kier alpha value is -2.22. The van der Waals surface area contributed by atoms with Gasteiger partial charge in [-0.3, -0.25) is 14.5 Å². The highest BCUT2D eigenvalue weighted by Gasteiger charge is 2.37. The largest absolute Gasteiger partial charge is 0.494 e. The first kappa shape index (κ1) is 21.5. The van der Waals surface area contributed by atoms with Crippen LogP contribution in [0.25, 0.3) is 0 Å². The quantitative estimate of drug-likeness (QED) is 0.701. The van der Waals surface area contributed by atoms with Crippen molar-refractivity contribution >= 4 is 63.3 Å². The Bertz CT molecular complexity index is 997. The van der Waals surface area contributed by atoms with E-state index in [2.05, 4.69) is 10.3 Å². The van der Waals surface area contributed by atoms with Crippen molar-refractivity contribution in [3.8, 4) is 5.75 Å². The zero-order valence-corrected chi connectivity index (χ0v) is 18.4. The van der Waals surface area contributed by atoms with E-state index in [-0.39, 0.29) is 18.2 Å². The monoisotopic (exact) mass is 451 g/mol. The van der Waals surface area contributed by atoms with Crippen LogP contribution in [-0.2, 0) is 9.59 Å². The molecule has 2 aromatic rings. The van der Waals surface area contributed by atoms with Crippen LogP contribution in [0.2, 0.25) is 10.0 Å². The molecule has 1 heterocycles. The normalized spacial score (nSPS) is 17.7. The van der Waals surface area contributed by atoms with Gasteiger partial charge in [0.15, 0.2) is 5.17 Å². The topological polar surface area (TPSA) is 71.0 Å². The number of aliphatic imine (C=N–C) groups is 1. The minimum atomic E-state index is -0.559. The lowest BCUT2D eigenvalue weighted by Gasteiger charge is -2.11. The molecule has 0 aromatic heterocycles. The minimum absolute atomic E-state index is 0.0294. The second-order valence-electron chi connectivity index (χ2n) is 6.43. The second kappa shape index (κ2) is 9.07. The van der Waals surface area contributed by atoms with Gasteiger partial charge in [-0.15, -0.1) is 0 Å². The molecule has 0 spiro atoms. The van der Waals surface area contributed by atoms with Gasteiger partial charge >= 0.3 is 0 Å². The smallest absolute Gasteiger partial charge is 0.242 e. The van der Waals surface area contributed by atoms with E-state index in [0.717, 1.165) is 5.56 Å². The van der Waals surface area contributed by atoms with Gasteiger partial charge in [0.2, 0.25) is 11.8 Å². The number of carbonyl (C=O) groups is 2. The first-order chi connectivity index (χ1) is 13.8. The van der Waals surface area contributed by atoms with E-state index in [9.17, 15) is 9.59 Å². The zero-order chi connectivity index (χ0) is 21.1. The molecule has 0 aliphatic carbocycles. The molecule has 3 rings (SSSR count). The van der Waals surface area contributed by atoms with E-state index in [1.807, 2.05) is 6.92 Å². The van der Waals surface area contributed by atoms with Crippen molar-refractivity contribution in [1.29, 1.82) is 0 Å². The van der Waals surface area contributed by atoms with Crippen molar-refractivity contribution in [1.82, 2.24) is 4.90 Å². The Labute approximate surface area is 183 Å². The van der Waals surface area contributed by atoms with Gasteiger partial charge in [0, 0.05) is 29.2 Å². The number of thioether (sulfide) groups is 1. The average Bonchev–Trinajstić information content (AvgIpc) is 2.92. The summed E-state index contributed by atoms with van der Waals surface area (Å²) in [5, 5.41) is 3.86. The van der Waals surface area contributed by atoms with Gasteiger partial charge in [0.1, 0.15) is 16.7 Å². The van der Waals surface area contributed by atoms with Crippen molar-refractivity contribution in [3.05, 3.63) is 52.0 Å². The fourth-order valence-corrected chi connectivity index (χ4v) is 4.33. The number of nitrogens with zero attached hydrogens (tertiary/aromatic N) is 2. The number of halogens is 2. The van der Waals surface area contributed by atoms with Crippen LogP contribution in [0.4, 0.5) is 11.4 Å². The molecule has 0 radical (unpaired) electrons. The summed E-state index contributed by atoms with van der Waals surface area (Å²) >= 11 is 13.2. The van der Waals surface area contributed by atoms with Gasteiger partial charge in [-0.25, -0.2) is 4.99 Å². The summed E-state index contributed by atoms with van der Waals surface area (Å²) in [5.41, 5.74) is 2.04. The first-order valence-electron chi connectivity index (χ1n) is 8.71. The van der Waals surface area contributed by atoms with E-state index >= 15 is 0 Å². The number of amidine groups is 1. The summed E-state index contributed by atoms with van der Waals surface area (Å²) in [6.45, 7) is 1.86. The number of anilines is 1. The fourth-order valence-electron chi connectivity index (χ4n) is 2.79. The number of nitrogens with one attached hydrogen (secondary N) is 1. The number of benzene rings is 2. The summed E-state index contributed by atoms with van der Waals surface area (Å²) < 4.78 is 5.30. The molecule has 9 heteroatoms. The highest BCUT2D eigenvalue weighted by atomic mass is 35.5. The summed E-state index contributed by atoms with van der Waals surface area (Å²) in [7, 11) is 3.17. The second-order valence-corrected chi connectivity index (χ2v) is 8.47. The molecule has 1 saturated heterocycles. The maximum absolute atomic E-state index is 12.6. The summed E-state index contributed by atoms with van der Waals surface area (Å²) in [6.07, 6.45) is 0.0294. The van der Waals surface area contributed by atoms with Crippen molar-refractivity contribution in [2.24, 2.45) is 4.99 Å². The molecule has 6 nitrogen and oxygen atoms in total. The van der Waals surface area contributed by atoms with Crippen LogP contribution >= 0.6 is 35.0 Å². The molecule has 1 fully saturated rings. The van der Waals surface area contributed by atoms with Gasteiger partial charge in [0.25, 0.3) is 0 Å². The Morgan fingerprint density at radius 1 is 1.24 bits per heavy atom. The fraction of sp³-hybridized carbons (Fsp3) is 0.250. The Morgan fingerprint density at radius 2 is 1.93 bits per heavy atom. The molecular formula is C20H19Cl2N3O3S. The van der Waals surface area contributed by atoms with Crippen molar-refractivity contribution in [3.63, 3.8) is 0 Å².